The molecule has 3 heteroatoms. The predicted molar refractivity (Wildman–Crippen MR) is 68.7 cm³/mol. The standard InChI is InChI=1S/C11H11BrS2/c1-8-5-14-7-10(8)11(12)4-9-2-3-13-6-9/h2-3,5-7,11H,4H2,1H3. The Balaban J connectivity index is 2.10. The molecule has 0 aliphatic carbocycles. The maximum Gasteiger partial charge on any atom is 0.0446 e. The van der Waals surface area contributed by atoms with Crippen LogP contribution in [-0.2, 0) is 6.42 Å². The van der Waals surface area contributed by atoms with E-state index in [4.69, 9.17) is 0 Å². The molecule has 0 N–H and O–H groups in total. The summed E-state index contributed by atoms with van der Waals surface area (Å²) in [5, 5.41) is 8.80. The van der Waals surface area contributed by atoms with E-state index in [1.807, 2.05) is 0 Å². The molecule has 2 rings (SSSR count). The number of rotatable bonds is 3. The van der Waals surface area contributed by atoms with Gasteiger partial charge in [-0.15, -0.1) is 0 Å². The Morgan fingerprint density at radius 2 is 2.14 bits per heavy atom. The second-order valence-corrected chi connectivity index (χ2v) is 5.94. The molecule has 0 bridgehead atoms. The third-order valence-corrected chi connectivity index (χ3v) is 4.66. The van der Waals surface area contributed by atoms with Gasteiger partial charge in [-0.25, -0.2) is 0 Å². The minimum Gasteiger partial charge on any atom is -0.152 e. The van der Waals surface area contributed by atoms with Crippen molar-refractivity contribution in [2.24, 2.45) is 0 Å². The van der Waals surface area contributed by atoms with Crippen molar-refractivity contribution < 1.29 is 0 Å². The third-order valence-electron chi connectivity index (χ3n) is 2.23. The minimum absolute atomic E-state index is 0.461. The Morgan fingerprint density at radius 3 is 2.71 bits per heavy atom. The van der Waals surface area contributed by atoms with Gasteiger partial charge in [0.2, 0.25) is 0 Å². The highest BCUT2D eigenvalue weighted by molar-refractivity contribution is 9.09. The number of aryl methyl sites for hydroxylation is 1. The highest BCUT2D eigenvalue weighted by Gasteiger charge is 2.11. The molecule has 0 spiro atoms. The van der Waals surface area contributed by atoms with Crippen LogP contribution in [0.4, 0.5) is 0 Å². The summed E-state index contributed by atoms with van der Waals surface area (Å²) < 4.78 is 0. The van der Waals surface area contributed by atoms with Gasteiger partial charge in [-0.1, -0.05) is 15.9 Å². The maximum absolute atomic E-state index is 3.75. The zero-order valence-electron chi connectivity index (χ0n) is 7.87. The van der Waals surface area contributed by atoms with Gasteiger partial charge in [0, 0.05) is 4.83 Å². The maximum atomic E-state index is 3.75. The molecular weight excluding hydrogens is 276 g/mol. The van der Waals surface area contributed by atoms with Gasteiger partial charge in [-0.3, -0.25) is 0 Å². The van der Waals surface area contributed by atoms with E-state index < -0.39 is 0 Å². The second-order valence-electron chi connectivity index (χ2n) is 3.31. The smallest absolute Gasteiger partial charge is 0.0446 e. The fourth-order valence-corrected chi connectivity index (χ4v) is 4.05. The minimum atomic E-state index is 0.461. The van der Waals surface area contributed by atoms with E-state index >= 15 is 0 Å². The molecule has 0 radical (unpaired) electrons. The van der Waals surface area contributed by atoms with Crippen molar-refractivity contribution in [1.82, 2.24) is 0 Å². The van der Waals surface area contributed by atoms with Crippen LogP contribution in [0.5, 0.6) is 0 Å². The van der Waals surface area contributed by atoms with Gasteiger partial charge in [0.25, 0.3) is 0 Å². The van der Waals surface area contributed by atoms with Crippen molar-refractivity contribution in [3.63, 3.8) is 0 Å². The molecule has 1 atom stereocenters. The molecule has 2 aromatic heterocycles. The number of hydrogen-bond acceptors (Lipinski definition) is 2. The summed E-state index contributed by atoms with van der Waals surface area (Å²) >= 11 is 7.29. The Kier molecular flexibility index (Phi) is 3.42. The molecule has 0 nitrogen and oxygen atoms in total. The molecule has 0 fully saturated rings. The summed E-state index contributed by atoms with van der Waals surface area (Å²) in [5.74, 6) is 0. The van der Waals surface area contributed by atoms with Crippen LogP contribution in [-0.4, -0.2) is 0 Å². The van der Waals surface area contributed by atoms with Crippen LogP contribution in [0, 0.1) is 6.92 Å². The van der Waals surface area contributed by atoms with Gasteiger partial charge in [0.15, 0.2) is 0 Å². The van der Waals surface area contributed by atoms with E-state index in [1.165, 1.54) is 16.7 Å². The number of thiophene rings is 2. The van der Waals surface area contributed by atoms with Crippen LogP contribution in [0.3, 0.4) is 0 Å². The summed E-state index contributed by atoms with van der Waals surface area (Å²) in [5.41, 5.74) is 4.25. The van der Waals surface area contributed by atoms with E-state index in [0.717, 1.165) is 6.42 Å². The highest BCUT2D eigenvalue weighted by atomic mass is 79.9. The topological polar surface area (TPSA) is 0 Å². The van der Waals surface area contributed by atoms with Crippen LogP contribution < -0.4 is 0 Å². The van der Waals surface area contributed by atoms with Gasteiger partial charge in [-0.05, 0) is 57.6 Å². The summed E-state index contributed by atoms with van der Waals surface area (Å²) in [6.07, 6.45) is 1.08. The van der Waals surface area contributed by atoms with E-state index in [1.54, 1.807) is 22.7 Å². The summed E-state index contributed by atoms with van der Waals surface area (Å²) in [4.78, 5) is 0.461. The quantitative estimate of drug-likeness (QED) is 0.711. The molecular formula is C11H11BrS2. The Morgan fingerprint density at radius 1 is 1.29 bits per heavy atom. The highest BCUT2D eigenvalue weighted by Crippen LogP contribution is 2.31. The first-order valence-electron chi connectivity index (χ1n) is 4.45. The first kappa shape index (κ1) is 10.4. The van der Waals surface area contributed by atoms with Gasteiger partial charge in [-0.2, -0.15) is 22.7 Å². The van der Waals surface area contributed by atoms with Crippen molar-refractivity contribution in [3.05, 3.63) is 44.3 Å². The molecule has 2 aromatic rings. The van der Waals surface area contributed by atoms with Crippen molar-refractivity contribution >= 4 is 38.6 Å². The predicted octanol–water partition coefficient (Wildman–Crippen LogP) is 4.80. The molecule has 0 amide bonds. The zero-order valence-corrected chi connectivity index (χ0v) is 11.1. The molecule has 0 saturated carbocycles. The molecule has 0 aliphatic heterocycles. The van der Waals surface area contributed by atoms with Crippen molar-refractivity contribution in [3.8, 4) is 0 Å². The monoisotopic (exact) mass is 286 g/mol. The number of hydrogen-bond donors (Lipinski definition) is 0. The van der Waals surface area contributed by atoms with Gasteiger partial charge >= 0.3 is 0 Å². The van der Waals surface area contributed by atoms with Crippen LogP contribution in [0.25, 0.3) is 0 Å². The number of alkyl halides is 1. The van der Waals surface area contributed by atoms with E-state index in [-0.39, 0.29) is 0 Å². The molecule has 14 heavy (non-hydrogen) atoms. The lowest BCUT2D eigenvalue weighted by Crippen LogP contribution is -1.93. The molecule has 0 aromatic carbocycles. The summed E-state index contributed by atoms with van der Waals surface area (Å²) in [7, 11) is 0. The van der Waals surface area contributed by atoms with Crippen molar-refractivity contribution in [2.75, 3.05) is 0 Å². The SMILES string of the molecule is Cc1cscc1C(Br)Cc1ccsc1. The molecule has 0 saturated heterocycles. The van der Waals surface area contributed by atoms with Gasteiger partial charge in [0.1, 0.15) is 0 Å². The van der Waals surface area contributed by atoms with E-state index in [2.05, 4.69) is 50.4 Å². The summed E-state index contributed by atoms with van der Waals surface area (Å²) in [6.45, 7) is 2.17. The van der Waals surface area contributed by atoms with Crippen molar-refractivity contribution in [2.45, 2.75) is 18.2 Å². The van der Waals surface area contributed by atoms with Crippen LogP contribution in [0.15, 0.2) is 27.6 Å². The van der Waals surface area contributed by atoms with Gasteiger partial charge in [0.05, 0.1) is 0 Å². The number of halogens is 1. The van der Waals surface area contributed by atoms with Gasteiger partial charge < -0.3 is 0 Å². The fourth-order valence-electron chi connectivity index (χ4n) is 1.42. The first-order valence-corrected chi connectivity index (χ1v) is 7.25. The lowest BCUT2D eigenvalue weighted by molar-refractivity contribution is 0.950. The molecule has 1 unspecified atom stereocenters. The van der Waals surface area contributed by atoms with E-state index in [9.17, 15) is 0 Å². The van der Waals surface area contributed by atoms with Crippen LogP contribution >= 0.6 is 38.6 Å². The third kappa shape index (κ3) is 2.27. The van der Waals surface area contributed by atoms with Crippen molar-refractivity contribution in [1.29, 1.82) is 0 Å². The lowest BCUT2D eigenvalue weighted by atomic mass is 10.1. The average Bonchev–Trinajstić information content (AvgIpc) is 2.75. The summed E-state index contributed by atoms with van der Waals surface area (Å²) in [6, 6.07) is 2.20. The average molecular weight is 287 g/mol. The Hall–Kier alpha value is -0.120. The van der Waals surface area contributed by atoms with Crippen LogP contribution in [0.2, 0.25) is 0 Å². The lowest BCUT2D eigenvalue weighted by Gasteiger charge is -2.07. The van der Waals surface area contributed by atoms with E-state index in [0.29, 0.717) is 4.83 Å². The zero-order chi connectivity index (χ0) is 9.97. The fraction of sp³-hybridized carbons (Fsp3) is 0.273. The Bertz CT molecular complexity index is 389. The molecule has 2 heterocycles. The second kappa shape index (κ2) is 4.60. The van der Waals surface area contributed by atoms with Crippen LogP contribution in [0.1, 0.15) is 21.5 Å². The normalized spacial score (nSPS) is 13.0. The molecule has 74 valence electrons. The molecule has 0 aliphatic rings. The Labute approximate surface area is 101 Å². The largest absolute Gasteiger partial charge is 0.152 e. The first-order chi connectivity index (χ1) is 6.77.